The van der Waals surface area contributed by atoms with Crippen molar-refractivity contribution in [3.05, 3.63) is 23.7 Å². The van der Waals surface area contributed by atoms with Crippen LogP contribution in [0.15, 0.2) is 16.7 Å². The Morgan fingerprint density at radius 3 is 2.72 bits per heavy atom. The number of rotatable bonds is 5. The standard InChI is InChI=1S/C14H25N3O/c1-16(2)10-12-3-6-17(7-4-12)11-14-13(9-15)5-8-18-14/h5,8,12H,3-4,6-7,9-11,15H2,1-2H3. The highest BCUT2D eigenvalue weighted by atomic mass is 16.3. The van der Waals surface area contributed by atoms with E-state index in [1.54, 1.807) is 6.26 Å². The second-order valence-corrected chi connectivity index (χ2v) is 5.55. The van der Waals surface area contributed by atoms with Crippen molar-refractivity contribution in [3.8, 4) is 0 Å². The van der Waals surface area contributed by atoms with Gasteiger partial charge in [0.15, 0.2) is 0 Å². The van der Waals surface area contributed by atoms with Crippen molar-refractivity contribution in [1.82, 2.24) is 9.80 Å². The number of furan rings is 1. The van der Waals surface area contributed by atoms with Crippen molar-refractivity contribution in [3.63, 3.8) is 0 Å². The van der Waals surface area contributed by atoms with Crippen LogP contribution in [0.3, 0.4) is 0 Å². The van der Waals surface area contributed by atoms with E-state index in [-0.39, 0.29) is 0 Å². The first-order valence-corrected chi connectivity index (χ1v) is 6.81. The van der Waals surface area contributed by atoms with Crippen molar-refractivity contribution in [2.24, 2.45) is 11.7 Å². The Morgan fingerprint density at radius 2 is 2.11 bits per heavy atom. The van der Waals surface area contributed by atoms with Crippen LogP contribution >= 0.6 is 0 Å². The van der Waals surface area contributed by atoms with Gasteiger partial charge in [-0.3, -0.25) is 4.90 Å². The van der Waals surface area contributed by atoms with E-state index in [0.29, 0.717) is 6.54 Å². The molecule has 0 radical (unpaired) electrons. The van der Waals surface area contributed by atoms with Crippen molar-refractivity contribution < 1.29 is 4.42 Å². The molecular formula is C14H25N3O. The molecule has 2 heterocycles. The van der Waals surface area contributed by atoms with Crippen LogP contribution in [0.5, 0.6) is 0 Å². The monoisotopic (exact) mass is 251 g/mol. The normalized spacial score (nSPS) is 18.7. The fourth-order valence-electron chi connectivity index (χ4n) is 2.73. The van der Waals surface area contributed by atoms with Gasteiger partial charge in [0.1, 0.15) is 5.76 Å². The molecule has 102 valence electrons. The van der Waals surface area contributed by atoms with Crippen LogP contribution in [0, 0.1) is 5.92 Å². The van der Waals surface area contributed by atoms with Gasteiger partial charge in [0.25, 0.3) is 0 Å². The summed E-state index contributed by atoms with van der Waals surface area (Å²) < 4.78 is 5.52. The maximum Gasteiger partial charge on any atom is 0.122 e. The number of nitrogens with zero attached hydrogens (tertiary/aromatic N) is 2. The lowest BCUT2D eigenvalue weighted by Gasteiger charge is -2.32. The quantitative estimate of drug-likeness (QED) is 0.861. The van der Waals surface area contributed by atoms with Crippen LogP contribution in [-0.2, 0) is 13.1 Å². The van der Waals surface area contributed by atoms with Crippen LogP contribution in [0.2, 0.25) is 0 Å². The average Bonchev–Trinajstić information content (AvgIpc) is 2.78. The Balaban J connectivity index is 1.80. The molecule has 0 spiro atoms. The molecule has 1 aromatic rings. The molecule has 0 aliphatic carbocycles. The topological polar surface area (TPSA) is 45.6 Å². The van der Waals surface area contributed by atoms with E-state index in [1.807, 2.05) is 6.07 Å². The molecule has 2 rings (SSSR count). The second-order valence-electron chi connectivity index (χ2n) is 5.55. The van der Waals surface area contributed by atoms with Gasteiger partial charge in [0.2, 0.25) is 0 Å². The minimum absolute atomic E-state index is 0.572. The lowest BCUT2D eigenvalue weighted by Crippen LogP contribution is -2.36. The Labute approximate surface area is 110 Å². The molecule has 0 saturated carbocycles. The summed E-state index contributed by atoms with van der Waals surface area (Å²) in [6.07, 6.45) is 4.32. The van der Waals surface area contributed by atoms with Gasteiger partial charge in [-0.2, -0.15) is 0 Å². The summed E-state index contributed by atoms with van der Waals surface area (Å²) in [5.41, 5.74) is 6.84. The summed E-state index contributed by atoms with van der Waals surface area (Å²) in [4.78, 5) is 4.77. The first-order valence-electron chi connectivity index (χ1n) is 6.81. The number of hydrogen-bond donors (Lipinski definition) is 1. The van der Waals surface area contributed by atoms with Crippen LogP contribution < -0.4 is 5.73 Å². The highest BCUT2D eigenvalue weighted by Crippen LogP contribution is 2.21. The van der Waals surface area contributed by atoms with E-state index in [4.69, 9.17) is 10.2 Å². The molecule has 2 N–H and O–H groups in total. The Bertz CT molecular complexity index is 354. The van der Waals surface area contributed by atoms with Crippen molar-refractivity contribution in [2.75, 3.05) is 33.7 Å². The van der Waals surface area contributed by atoms with Crippen molar-refractivity contribution in [2.45, 2.75) is 25.9 Å². The summed E-state index contributed by atoms with van der Waals surface area (Å²) in [6, 6.07) is 1.98. The third-order valence-corrected chi connectivity index (χ3v) is 3.76. The maximum atomic E-state index is 5.69. The lowest BCUT2D eigenvalue weighted by atomic mass is 9.96. The molecule has 0 unspecified atom stereocenters. The molecule has 1 aliphatic heterocycles. The molecule has 1 saturated heterocycles. The smallest absolute Gasteiger partial charge is 0.122 e. The Hall–Kier alpha value is -0.840. The zero-order valence-electron chi connectivity index (χ0n) is 11.6. The van der Waals surface area contributed by atoms with Crippen molar-refractivity contribution >= 4 is 0 Å². The highest BCUT2D eigenvalue weighted by Gasteiger charge is 2.21. The molecule has 1 aromatic heterocycles. The van der Waals surface area contributed by atoms with Gasteiger partial charge >= 0.3 is 0 Å². The zero-order valence-corrected chi connectivity index (χ0v) is 11.6. The maximum absolute atomic E-state index is 5.69. The second kappa shape index (κ2) is 6.36. The Morgan fingerprint density at radius 1 is 1.39 bits per heavy atom. The fraction of sp³-hybridized carbons (Fsp3) is 0.714. The molecule has 0 atom stereocenters. The molecule has 0 bridgehead atoms. The van der Waals surface area contributed by atoms with Crippen LogP contribution in [-0.4, -0.2) is 43.5 Å². The first kappa shape index (κ1) is 13.6. The van der Waals surface area contributed by atoms with Crippen LogP contribution in [0.4, 0.5) is 0 Å². The van der Waals surface area contributed by atoms with E-state index in [2.05, 4.69) is 23.9 Å². The highest BCUT2D eigenvalue weighted by molar-refractivity contribution is 5.16. The van der Waals surface area contributed by atoms with E-state index in [9.17, 15) is 0 Å². The van der Waals surface area contributed by atoms with E-state index in [0.717, 1.165) is 23.8 Å². The predicted octanol–water partition coefficient (Wildman–Crippen LogP) is 1.51. The van der Waals surface area contributed by atoms with E-state index in [1.165, 1.54) is 32.5 Å². The van der Waals surface area contributed by atoms with Gasteiger partial charge in [-0.15, -0.1) is 0 Å². The van der Waals surface area contributed by atoms with Gasteiger partial charge in [-0.05, 0) is 52.0 Å². The lowest BCUT2D eigenvalue weighted by molar-refractivity contribution is 0.148. The minimum Gasteiger partial charge on any atom is -0.468 e. The van der Waals surface area contributed by atoms with E-state index >= 15 is 0 Å². The number of hydrogen-bond acceptors (Lipinski definition) is 4. The number of piperidine rings is 1. The van der Waals surface area contributed by atoms with Gasteiger partial charge in [-0.1, -0.05) is 0 Å². The van der Waals surface area contributed by atoms with Gasteiger partial charge in [-0.25, -0.2) is 0 Å². The predicted molar refractivity (Wildman–Crippen MR) is 73.2 cm³/mol. The number of likely N-dealkylation sites (tertiary alicyclic amines) is 1. The molecule has 1 fully saturated rings. The SMILES string of the molecule is CN(C)CC1CCN(Cc2occc2CN)CC1. The molecule has 4 heteroatoms. The summed E-state index contributed by atoms with van der Waals surface area (Å²) in [5, 5.41) is 0. The molecule has 18 heavy (non-hydrogen) atoms. The molecular weight excluding hydrogens is 226 g/mol. The first-order chi connectivity index (χ1) is 8.69. The molecule has 1 aliphatic rings. The molecule has 0 amide bonds. The number of nitrogens with two attached hydrogens (primary N) is 1. The average molecular weight is 251 g/mol. The summed E-state index contributed by atoms with van der Waals surface area (Å²) in [7, 11) is 4.31. The van der Waals surface area contributed by atoms with Gasteiger partial charge < -0.3 is 15.1 Å². The summed E-state index contributed by atoms with van der Waals surface area (Å²) >= 11 is 0. The van der Waals surface area contributed by atoms with Gasteiger partial charge in [0.05, 0.1) is 12.8 Å². The summed E-state index contributed by atoms with van der Waals surface area (Å²) in [5.74, 6) is 1.89. The largest absolute Gasteiger partial charge is 0.468 e. The van der Waals surface area contributed by atoms with Crippen LogP contribution in [0.25, 0.3) is 0 Å². The molecule has 4 nitrogen and oxygen atoms in total. The summed E-state index contributed by atoms with van der Waals surface area (Å²) in [6.45, 7) is 5.03. The zero-order chi connectivity index (χ0) is 13.0. The third-order valence-electron chi connectivity index (χ3n) is 3.76. The third kappa shape index (κ3) is 3.57. The van der Waals surface area contributed by atoms with Gasteiger partial charge in [0, 0.05) is 18.7 Å². The fourth-order valence-corrected chi connectivity index (χ4v) is 2.73. The molecule has 0 aromatic carbocycles. The minimum atomic E-state index is 0.572. The Kier molecular flexibility index (Phi) is 4.80. The van der Waals surface area contributed by atoms with E-state index < -0.39 is 0 Å². The van der Waals surface area contributed by atoms with Crippen molar-refractivity contribution in [1.29, 1.82) is 0 Å². The van der Waals surface area contributed by atoms with Crippen LogP contribution in [0.1, 0.15) is 24.2 Å².